The third-order valence-corrected chi connectivity index (χ3v) is 2.92. The van der Waals surface area contributed by atoms with Crippen LogP contribution in [0.2, 0.25) is 0 Å². The van der Waals surface area contributed by atoms with Gasteiger partial charge in [0.15, 0.2) is 0 Å². The van der Waals surface area contributed by atoms with Crippen LogP contribution in [0.1, 0.15) is 25.3 Å². The molecule has 2 rings (SSSR count). The van der Waals surface area contributed by atoms with E-state index in [0.29, 0.717) is 11.5 Å². The summed E-state index contributed by atoms with van der Waals surface area (Å²) in [5, 5.41) is 9.77. The maximum absolute atomic E-state index is 9.77. The zero-order valence-corrected chi connectivity index (χ0v) is 11.4. The molecule has 0 spiro atoms. The first-order valence-corrected chi connectivity index (χ1v) is 6.25. The Kier molecular flexibility index (Phi) is 3.95. The lowest BCUT2D eigenvalue weighted by Gasteiger charge is -2.12. The number of hydrogen-bond donors (Lipinski definition) is 1. The molecule has 0 amide bonds. The molecule has 100 valence electrons. The van der Waals surface area contributed by atoms with E-state index in [1.54, 1.807) is 19.2 Å². The van der Waals surface area contributed by atoms with E-state index in [1.807, 2.05) is 44.2 Å². The van der Waals surface area contributed by atoms with Crippen LogP contribution in [0.3, 0.4) is 0 Å². The lowest BCUT2D eigenvalue weighted by molar-refractivity contribution is 0.412. The van der Waals surface area contributed by atoms with Gasteiger partial charge in [0, 0.05) is 5.56 Å². The standard InChI is InChI=1S/C16H18O3/c1-11(2)15-10-14(8-9-16(15)17)19-13-6-4-12(18-3)5-7-13/h4-11,17H,1-3H3. The number of phenolic OH excluding ortho intramolecular Hbond substituents is 1. The highest BCUT2D eigenvalue weighted by atomic mass is 16.5. The molecule has 1 N–H and O–H groups in total. The molecule has 0 unspecified atom stereocenters. The van der Waals surface area contributed by atoms with Crippen molar-refractivity contribution in [2.75, 3.05) is 7.11 Å². The molecular formula is C16H18O3. The first-order chi connectivity index (χ1) is 9.10. The maximum Gasteiger partial charge on any atom is 0.127 e. The quantitative estimate of drug-likeness (QED) is 0.887. The largest absolute Gasteiger partial charge is 0.508 e. The SMILES string of the molecule is COc1ccc(Oc2ccc(O)c(C(C)C)c2)cc1. The second-order valence-electron chi connectivity index (χ2n) is 4.65. The van der Waals surface area contributed by atoms with Gasteiger partial charge in [-0.3, -0.25) is 0 Å². The number of methoxy groups -OCH3 is 1. The summed E-state index contributed by atoms with van der Waals surface area (Å²) in [5.74, 6) is 2.80. The summed E-state index contributed by atoms with van der Waals surface area (Å²) in [5.41, 5.74) is 0.881. The Bertz CT molecular complexity index is 544. The van der Waals surface area contributed by atoms with Crippen molar-refractivity contribution in [1.29, 1.82) is 0 Å². The van der Waals surface area contributed by atoms with Crippen LogP contribution in [0.5, 0.6) is 23.0 Å². The van der Waals surface area contributed by atoms with E-state index >= 15 is 0 Å². The van der Waals surface area contributed by atoms with Crippen LogP contribution in [0.15, 0.2) is 42.5 Å². The van der Waals surface area contributed by atoms with Crippen LogP contribution < -0.4 is 9.47 Å². The van der Waals surface area contributed by atoms with Crippen molar-refractivity contribution in [3.8, 4) is 23.0 Å². The second kappa shape index (κ2) is 5.65. The summed E-state index contributed by atoms with van der Waals surface area (Å²) in [4.78, 5) is 0. The third-order valence-electron chi connectivity index (χ3n) is 2.92. The highest BCUT2D eigenvalue weighted by Gasteiger charge is 2.08. The number of hydrogen-bond acceptors (Lipinski definition) is 3. The highest BCUT2D eigenvalue weighted by molar-refractivity contribution is 5.43. The summed E-state index contributed by atoms with van der Waals surface area (Å²) >= 11 is 0. The first kappa shape index (κ1) is 13.3. The molecule has 0 bridgehead atoms. The van der Waals surface area contributed by atoms with Crippen LogP contribution in [-0.4, -0.2) is 12.2 Å². The van der Waals surface area contributed by atoms with E-state index in [0.717, 1.165) is 17.1 Å². The molecule has 19 heavy (non-hydrogen) atoms. The smallest absolute Gasteiger partial charge is 0.127 e. The van der Waals surface area contributed by atoms with Gasteiger partial charge in [-0.1, -0.05) is 13.8 Å². The van der Waals surface area contributed by atoms with E-state index in [4.69, 9.17) is 9.47 Å². The normalized spacial score (nSPS) is 10.5. The van der Waals surface area contributed by atoms with Crippen LogP contribution in [-0.2, 0) is 0 Å². The predicted molar refractivity (Wildman–Crippen MR) is 75.3 cm³/mol. The van der Waals surface area contributed by atoms with E-state index in [9.17, 15) is 5.11 Å². The molecule has 0 saturated carbocycles. The van der Waals surface area contributed by atoms with Gasteiger partial charge < -0.3 is 14.6 Å². The zero-order valence-electron chi connectivity index (χ0n) is 11.4. The molecule has 0 aliphatic carbocycles. The van der Waals surface area contributed by atoms with Crippen LogP contribution in [0.25, 0.3) is 0 Å². The Morgan fingerprint density at radius 3 is 2.05 bits per heavy atom. The first-order valence-electron chi connectivity index (χ1n) is 6.25. The van der Waals surface area contributed by atoms with Gasteiger partial charge in [0.25, 0.3) is 0 Å². The molecule has 0 fully saturated rings. The fourth-order valence-corrected chi connectivity index (χ4v) is 1.84. The third kappa shape index (κ3) is 3.19. The number of benzene rings is 2. The van der Waals surface area contributed by atoms with Gasteiger partial charge in [-0.25, -0.2) is 0 Å². The molecule has 0 aromatic heterocycles. The topological polar surface area (TPSA) is 38.7 Å². The van der Waals surface area contributed by atoms with Crippen LogP contribution in [0, 0.1) is 0 Å². The Morgan fingerprint density at radius 2 is 1.47 bits per heavy atom. The summed E-state index contributed by atoms with van der Waals surface area (Å²) in [6.45, 7) is 4.07. The van der Waals surface area contributed by atoms with Crippen molar-refractivity contribution in [3.63, 3.8) is 0 Å². The summed E-state index contributed by atoms with van der Waals surface area (Å²) < 4.78 is 10.9. The highest BCUT2D eigenvalue weighted by Crippen LogP contribution is 2.31. The Hall–Kier alpha value is -2.16. The molecular weight excluding hydrogens is 240 g/mol. The Labute approximate surface area is 113 Å². The molecule has 0 aliphatic rings. The fourth-order valence-electron chi connectivity index (χ4n) is 1.84. The summed E-state index contributed by atoms with van der Waals surface area (Å²) in [7, 11) is 1.63. The van der Waals surface area contributed by atoms with E-state index in [-0.39, 0.29) is 5.92 Å². The average Bonchev–Trinajstić information content (AvgIpc) is 2.41. The number of aromatic hydroxyl groups is 1. The Balaban J connectivity index is 2.20. The van der Waals surface area contributed by atoms with Crippen molar-refractivity contribution >= 4 is 0 Å². The van der Waals surface area contributed by atoms with E-state index in [1.165, 1.54) is 0 Å². The molecule has 2 aromatic carbocycles. The molecule has 0 atom stereocenters. The minimum atomic E-state index is 0.249. The van der Waals surface area contributed by atoms with Gasteiger partial charge in [0.1, 0.15) is 23.0 Å². The monoisotopic (exact) mass is 258 g/mol. The minimum Gasteiger partial charge on any atom is -0.508 e. The van der Waals surface area contributed by atoms with Gasteiger partial charge in [-0.15, -0.1) is 0 Å². The molecule has 3 heteroatoms. The molecule has 0 radical (unpaired) electrons. The lowest BCUT2D eigenvalue weighted by Crippen LogP contribution is -1.91. The minimum absolute atomic E-state index is 0.249. The number of rotatable bonds is 4. The zero-order chi connectivity index (χ0) is 13.8. The summed E-state index contributed by atoms with van der Waals surface area (Å²) in [6.07, 6.45) is 0. The predicted octanol–water partition coefficient (Wildman–Crippen LogP) is 4.32. The Morgan fingerprint density at radius 1 is 0.895 bits per heavy atom. The van der Waals surface area contributed by atoms with Gasteiger partial charge in [0.05, 0.1) is 7.11 Å². The number of phenols is 1. The molecule has 3 nitrogen and oxygen atoms in total. The molecule has 2 aromatic rings. The molecule has 0 heterocycles. The molecule has 0 saturated heterocycles. The van der Waals surface area contributed by atoms with Gasteiger partial charge in [-0.2, -0.15) is 0 Å². The summed E-state index contributed by atoms with van der Waals surface area (Å²) in [6, 6.07) is 12.7. The van der Waals surface area contributed by atoms with Crippen LogP contribution >= 0.6 is 0 Å². The van der Waals surface area contributed by atoms with E-state index < -0.39 is 0 Å². The lowest BCUT2D eigenvalue weighted by atomic mass is 10.0. The van der Waals surface area contributed by atoms with Crippen molar-refractivity contribution in [2.45, 2.75) is 19.8 Å². The average molecular weight is 258 g/mol. The van der Waals surface area contributed by atoms with E-state index in [2.05, 4.69) is 0 Å². The van der Waals surface area contributed by atoms with Crippen molar-refractivity contribution < 1.29 is 14.6 Å². The molecule has 0 aliphatic heterocycles. The van der Waals surface area contributed by atoms with Gasteiger partial charge >= 0.3 is 0 Å². The van der Waals surface area contributed by atoms with Crippen molar-refractivity contribution in [3.05, 3.63) is 48.0 Å². The van der Waals surface area contributed by atoms with Crippen molar-refractivity contribution in [2.24, 2.45) is 0 Å². The van der Waals surface area contributed by atoms with Gasteiger partial charge in [0.2, 0.25) is 0 Å². The van der Waals surface area contributed by atoms with Crippen molar-refractivity contribution in [1.82, 2.24) is 0 Å². The maximum atomic E-state index is 9.77. The van der Waals surface area contributed by atoms with Crippen LogP contribution in [0.4, 0.5) is 0 Å². The second-order valence-corrected chi connectivity index (χ2v) is 4.65. The number of ether oxygens (including phenoxy) is 2. The van der Waals surface area contributed by atoms with Gasteiger partial charge in [-0.05, 0) is 48.4 Å². The fraction of sp³-hybridized carbons (Fsp3) is 0.250.